The third kappa shape index (κ3) is 18.6. The quantitative estimate of drug-likeness (QED) is 0.174. The van der Waals surface area contributed by atoms with E-state index >= 15 is 0 Å². The van der Waals surface area contributed by atoms with E-state index in [1.807, 2.05) is 37.3 Å². The largest absolute Gasteiger partial charge is 0.469 e. The molecular formula is C48H75NO17. The second kappa shape index (κ2) is 28.1. The molecule has 19 atom stereocenters. The molecule has 374 valence electrons. The van der Waals surface area contributed by atoms with Crippen LogP contribution in [0.25, 0.3) is 0 Å². The zero-order chi connectivity index (χ0) is 49.1. The summed E-state index contributed by atoms with van der Waals surface area (Å²) in [4.78, 5) is 25.7. The van der Waals surface area contributed by atoms with Gasteiger partial charge in [-0.3, -0.25) is 9.59 Å². The van der Waals surface area contributed by atoms with E-state index in [0.29, 0.717) is 0 Å². The molecule has 0 saturated carbocycles. The number of carbonyl (C=O) groups excluding carboxylic acids is 2. The number of carbonyl (C=O) groups is 2. The zero-order valence-corrected chi connectivity index (χ0v) is 38.5. The van der Waals surface area contributed by atoms with E-state index in [1.165, 1.54) is 0 Å². The molecule has 2 bridgehead atoms. The predicted octanol–water partition coefficient (Wildman–Crippen LogP) is 0.800. The van der Waals surface area contributed by atoms with Crippen LogP contribution in [-0.2, 0) is 33.3 Å². The highest BCUT2D eigenvalue weighted by molar-refractivity contribution is 5.74. The number of ether oxygens (including phenoxy) is 5. The van der Waals surface area contributed by atoms with E-state index < -0.39 is 147 Å². The molecule has 3 aliphatic heterocycles. The third-order valence-electron chi connectivity index (χ3n) is 12.2. The topological polar surface area (TPSA) is 309 Å². The number of methoxy groups -OCH3 is 1. The van der Waals surface area contributed by atoms with E-state index in [-0.39, 0.29) is 31.6 Å². The molecule has 0 aromatic rings. The Kier molecular flexibility index (Phi) is 24.3. The average molecular weight is 938 g/mol. The van der Waals surface area contributed by atoms with Gasteiger partial charge in [0.05, 0.1) is 86.7 Å². The number of aliphatic hydroxyl groups excluding tert-OH is 9. The Balaban J connectivity index is 1.88. The summed E-state index contributed by atoms with van der Waals surface area (Å²) < 4.78 is 28.4. The van der Waals surface area contributed by atoms with E-state index in [1.54, 1.807) is 75.5 Å². The fourth-order valence-electron chi connectivity index (χ4n) is 8.09. The van der Waals surface area contributed by atoms with Crippen molar-refractivity contribution < 1.29 is 84.3 Å². The zero-order valence-electron chi connectivity index (χ0n) is 38.5. The van der Waals surface area contributed by atoms with Gasteiger partial charge in [-0.25, -0.2) is 0 Å². The molecule has 0 aromatic heterocycles. The minimum absolute atomic E-state index is 0.0949. The van der Waals surface area contributed by atoms with Gasteiger partial charge in [-0.05, 0) is 33.1 Å². The lowest BCUT2D eigenvalue weighted by Crippen LogP contribution is -2.61. The van der Waals surface area contributed by atoms with E-state index in [2.05, 4.69) is 0 Å². The summed E-state index contributed by atoms with van der Waals surface area (Å²) in [6.07, 6.45) is 4.50. The summed E-state index contributed by atoms with van der Waals surface area (Å²) in [6.45, 7) is 6.78. The molecule has 18 heteroatoms. The Bertz CT molecular complexity index is 1680. The van der Waals surface area contributed by atoms with Crippen molar-refractivity contribution in [3.63, 3.8) is 0 Å². The smallest absolute Gasteiger partial charge is 0.313 e. The molecule has 3 rings (SSSR count). The van der Waals surface area contributed by atoms with Crippen molar-refractivity contribution >= 4 is 11.9 Å². The van der Waals surface area contributed by atoms with Gasteiger partial charge in [0, 0.05) is 37.5 Å². The molecule has 0 amide bonds. The molecule has 0 spiro atoms. The third-order valence-corrected chi connectivity index (χ3v) is 12.2. The van der Waals surface area contributed by atoms with E-state index in [9.17, 15) is 60.7 Å². The van der Waals surface area contributed by atoms with Crippen molar-refractivity contribution in [2.45, 2.75) is 177 Å². The molecule has 2 saturated heterocycles. The number of nitrogens with two attached hydrogens (primary N) is 1. The first-order valence-corrected chi connectivity index (χ1v) is 22.7. The van der Waals surface area contributed by atoms with E-state index in [4.69, 9.17) is 29.4 Å². The van der Waals surface area contributed by atoms with Crippen LogP contribution in [0.4, 0.5) is 0 Å². The van der Waals surface area contributed by atoms with Crippen molar-refractivity contribution in [1.82, 2.24) is 0 Å². The van der Waals surface area contributed by atoms with Gasteiger partial charge >= 0.3 is 11.9 Å². The normalized spacial score (nSPS) is 41.5. The van der Waals surface area contributed by atoms with E-state index in [0.717, 1.165) is 7.11 Å². The van der Waals surface area contributed by atoms with Gasteiger partial charge in [-0.1, -0.05) is 98.9 Å². The number of rotatable bonds is 3. The highest BCUT2D eigenvalue weighted by Crippen LogP contribution is 2.38. The van der Waals surface area contributed by atoms with Crippen LogP contribution in [0, 0.1) is 17.8 Å². The Morgan fingerprint density at radius 1 is 0.667 bits per heavy atom. The van der Waals surface area contributed by atoms with Crippen LogP contribution in [0.2, 0.25) is 0 Å². The SMILES string of the molecule is COC(=O)[C@@H]1[C@H](O)C[C@@]2(O)C[C@H](O)C[C@H](O)[C@H](O)CC[C@H](O)C[C@H](O)CC(=O)O[C@H](C)[C@H](C)[C@H](O)[C@H](C)C=CC=CC=CC=CC=CC=CC=C[C@H](O[C@@H]3O[C@H](C)[C@H](O)[C@H](N)[C@H]3O)C[C@H]1O2. The molecular weight excluding hydrogens is 863 g/mol. The standard InChI is InChI=1S/C48H75NO17/c1-28-18-16-14-12-10-8-6-7-9-11-13-15-17-19-35(65-47-45(59)42(49)44(58)31(4)64-47)25-39-41(46(60)62-5)38(55)27-48(61,66-39)26-34(52)23-37(54)36(53)21-20-32(50)22-33(51)24-40(56)63-30(3)29(2)43(28)57/h6-19,28-39,41-45,47,50-55,57-59,61H,20-27,49H2,1-5H3/t28-,29+,30-,31-,32+,33+,34-,35+,36-,37+,38-,39-,41-,42+,43-,44+,45-,47+,48-/m1/s1. The number of allylic oxidation sites excluding steroid dienone is 12. The molecule has 0 unspecified atom stereocenters. The fourth-order valence-corrected chi connectivity index (χ4v) is 8.09. The highest BCUT2D eigenvalue weighted by Gasteiger charge is 2.51. The molecule has 0 aliphatic carbocycles. The Morgan fingerprint density at radius 2 is 1.24 bits per heavy atom. The second-order valence-corrected chi connectivity index (χ2v) is 17.8. The molecule has 0 aromatic carbocycles. The van der Waals surface area contributed by atoms with Crippen molar-refractivity contribution in [3.05, 3.63) is 85.1 Å². The minimum Gasteiger partial charge on any atom is -0.469 e. The summed E-state index contributed by atoms with van der Waals surface area (Å²) in [5, 5.41) is 109. The van der Waals surface area contributed by atoms with Crippen molar-refractivity contribution in [2.75, 3.05) is 7.11 Å². The maximum atomic E-state index is 13.1. The summed E-state index contributed by atoms with van der Waals surface area (Å²) in [7, 11) is 1.12. The summed E-state index contributed by atoms with van der Waals surface area (Å²) in [5.74, 6) is -5.93. The van der Waals surface area contributed by atoms with Gasteiger partial charge in [-0.15, -0.1) is 0 Å². The van der Waals surface area contributed by atoms with Crippen LogP contribution in [0.3, 0.4) is 0 Å². The molecule has 66 heavy (non-hydrogen) atoms. The van der Waals surface area contributed by atoms with Crippen molar-refractivity contribution in [2.24, 2.45) is 23.5 Å². The predicted molar refractivity (Wildman–Crippen MR) is 241 cm³/mol. The number of cyclic esters (lactones) is 1. The fraction of sp³-hybridized carbons (Fsp3) is 0.667. The van der Waals surface area contributed by atoms with Crippen molar-refractivity contribution in [3.8, 4) is 0 Å². The lowest BCUT2D eigenvalue weighted by molar-refractivity contribution is -0.308. The molecule has 0 radical (unpaired) electrons. The lowest BCUT2D eigenvalue weighted by Gasteiger charge is -2.45. The van der Waals surface area contributed by atoms with Crippen LogP contribution in [0.1, 0.15) is 79.1 Å². The van der Waals surface area contributed by atoms with Crippen LogP contribution in [-0.4, -0.2) is 168 Å². The number of hydrogen-bond donors (Lipinski definition) is 11. The number of esters is 2. The number of aliphatic hydroxyl groups is 10. The maximum Gasteiger partial charge on any atom is 0.313 e. The first-order valence-electron chi connectivity index (χ1n) is 22.7. The highest BCUT2D eigenvalue weighted by atomic mass is 16.7. The Morgan fingerprint density at radius 3 is 1.83 bits per heavy atom. The summed E-state index contributed by atoms with van der Waals surface area (Å²) in [5.41, 5.74) is 6.05. The Labute approximate surface area is 387 Å². The van der Waals surface area contributed by atoms with Gasteiger partial charge in [0.15, 0.2) is 12.1 Å². The second-order valence-electron chi connectivity index (χ2n) is 17.8. The molecule has 3 aliphatic rings. The number of fused-ring (bicyclic) bond motifs is 2. The van der Waals surface area contributed by atoms with Crippen LogP contribution in [0.5, 0.6) is 0 Å². The Hall–Kier alpha value is -3.44. The van der Waals surface area contributed by atoms with Gasteiger partial charge in [-0.2, -0.15) is 0 Å². The number of hydrogen-bond acceptors (Lipinski definition) is 18. The summed E-state index contributed by atoms with van der Waals surface area (Å²) in [6, 6.07) is -1.13. The van der Waals surface area contributed by atoms with Gasteiger partial charge in [0.25, 0.3) is 0 Å². The van der Waals surface area contributed by atoms with Gasteiger partial charge in [0.1, 0.15) is 18.1 Å². The van der Waals surface area contributed by atoms with Crippen LogP contribution >= 0.6 is 0 Å². The van der Waals surface area contributed by atoms with Gasteiger partial charge in [0.2, 0.25) is 0 Å². The first-order chi connectivity index (χ1) is 31.2. The summed E-state index contributed by atoms with van der Waals surface area (Å²) >= 11 is 0. The molecule has 12 N–H and O–H groups in total. The molecule has 3 heterocycles. The van der Waals surface area contributed by atoms with Crippen molar-refractivity contribution in [1.29, 1.82) is 0 Å². The van der Waals surface area contributed by atoms with Gasteiger partial charge < -0.3 is 80.5 Å². The van der Waals surface area contributed by atoms with Crippen LogP contribution < -0.4 is 5.73 Å². The molecule has 2 fully saturated rings. The first kappa shape index (κ1) is 56.9. The minimum atomic E-state index is -2.27. The lowest BCUT2D eigenvalue weighted by atomic mass is 9.82. The monoisotopic (exact) mass is 938 g/mol. The maximum absolute atomic E-state index is 13.1. The molecule has 18 nitrogen and oxygen atoms in total. The van der Waals surface area contributed by atoms with Crippen LogP contribution in [0.15, 0.2) is 85.1 Å². The average Bonchev–Trinajstić information content (AvgIpc) is 3.24.